The molecule has 2 N–H and O–H groups in total. The summed E-state index contributed by atoms with van der Waals surface area (Å²) in [5, 5.41) is 13.0. The van der Waals surface area contributed by atoms with Gasteiger partial charge in [0.15, 0.2) is 0 Å². The third kappa shape index (κ3) is 4.07. The van der Waals surface area contributed by atoms with Crippen molar-refractivity contribution in [3.63, 3.8) is 0 Å². The summed E-state index contributed by atoms with van der Waals surface area (Å²) in [6.45, 7) is 3.94. The SMILES string of the molecule is COc1cc(Br)ccc1[C@H](CO)N1CCNCC1.Cl. The zero-order valence-corrected chi connectivity index (χ0v) is 13.3. The number of piperazine rings is 1. The van der Waals surface area contributed by atoms with Gasteiger partial charge in [-0.05, 0) is 12.1 Å². The summed E-state index contributed by atoms with van der Waals surface area (Å²) < 4.78 is 6.40. The maximum absolute atomic E-state index is 9.69. The molecule has 0 bridgehead atoms. The fourth-order valence-electron chi connectivity index (χ4n) is 2.36. The Bertz CT molecular complexity index is 400. The highest BCUT2D eigenvalue weighted by molar-refractivity contribution is 9.10. The molecule has 0 amide bonds. The van der Waals surface area contributed by atoms with Gasteiger partial charge in [0.1, 0.15) is 5.75 Å². The van der Waals surface area contributed by atoms with Crippen LogP contribution in [0.1, 0.15) is 11.6 Å². The molecule has 0 unspecified atom stereocenters. The van der Waals surface area contributed by atoms with Crippen molar-refractivity contribution in [3.05, 3.63) is 28.2 Å². The highest BCUT2D eigenvalue weighted by atomic mass is 79.9. The standard InChI is InChI=1S/C13H19BrN2O2.ClH/c1-18-13-8-10(14)2-3-11(13)12(9-17)16-6-4-15-5-7-16;/h2-3,8,12,15,17H,4-7,9H2,1H3;1H/t12-;/m0./s1. The van der Waals surface area contributed by atoms with Crippen LogP contribution >= 0.6 is 28.3 Å². The second-order valence-corrected chi connectivity index (χ2v) is 5.29. The molecule has 4 nitrogen and oxygen atoms in total. The molecule has 1 aliphatic heterocycles. The molecule has 0 aromatic heterocycles. The Morgan fingerprint density at radius 1 is 1.42 bits per heavy atom. The van der Waals surface area contributed by atoms with Crippen LogP contribution < -0.4 is 10.1 Å². The number of nitrogens with one attached hydrogen (secondary N) is 1. The molecule has 1 aromatic carbocycles. The van der Waals surface area contributed by atoms with E-state index in [1.807, 2.05) is 18.2 Å². The van der Waals surface area contributed by atoms with Crippen LogP contribution in [0.4, 0.5) is 0 Å². The topological polar surface area (TPSA) is 44.7 Å². The molecular weight excluding hydrogens is 332 g/mol. The molecule has 1 aliphatic rings. The van der Waals surface area contributed by atoms with Crippen molar-refractivity contribution in [1.29, 1.82) is 0 Å². The smallest absolute Gasteiger partial charge is 0.124 e. The summed E-state index contributed by atoms with van der Waals surface area (Å²) >= 11 is 3.44. The highest BCUT2D eigenvalue weighted by Crippen LogP contribution is 2.31. The minimum atomic E-state index is 0. The number of aliphatic hydroxyl groups excluding tert-OH is 1. The number of rotatable bonds is 4. The first-order valence-corrected chi connectivity index (χ1v) is 6.94. The van der Waals surface area contributed by atoms with Crippen molar-refractivity contribution >= 4 is 28.3 Å². The number of benzene rings is 1. The Labute approximate surface area is 128 Å². The molecular formula is C13H20BrClN2O2. The van der Waals surface area contributed by atoms with Gasteiger partial charge in [0.25, 0.3) is 0 Å². The number of hydrogen-bond donors (Lipinski definition) is 2. The van der Waals surface area contributed by atoms with Gasteiger partial charge in [0.05, 0.1) is 19.8 Å². The van der Waals surface area contributed by atoms with E-state index in [9.17, 15) is 5.11 Å². The number of aliphatic hydroxyl groups is 1. The molecule has 0 aliphatic carbocycles. The maximum atomic E-state index is 9.69. The van der Waals surface area contributed by atoms with E-state index in [4.69, 9.17) is 4.74 Å². The van der Waals surface area contributed by atoms with Crippen LogP contribution in [0, 0.1) is 0 Å². The van der Waals surface area contributed by atoms with Gasteiger partial charge >= 0.3 is 0 Å². The number of hydrogen-bond acceptors (Lipinski definition) is 4. The van der Waals surface area contributed by atoms with Crippen molar-refractivity contribution in [2.45, 2.75) is 6.04 Å². The average molecular weight is 352 g/mol. The zero-order chi connectivity index (χ0) is 13.0. The average Bonchev–Trinajstić information content (AvgIpc) is 2.42. The fourth-order valence-corrected chi connectivity index (χ4v) is 2.70. The van der Waals surface area contributed by atoms with E-state index in [-0.39, 0.29) is 25.1 Å². The zero-order valence-electron chi connectivity index (χ0n) is 10.9. The first-order valence-electron chi connectivity index (χ1n) is 6.15. The van der Waals surface area contributed by atoms with E-state index in [0.717, 1.165) is 42.0 Å². The number of methoxy groups -OCH3 is 1. The van der Waals surface area contributed by atoms with E-state index in [1.54, 1.807) is 7.11 Å². The highest BCUT2D eigenvalue weighted by Gasteiger charge is 2.24. The molecule has 2 rings (SSSR count). The molecule has 1 fully saturated rings. The molecule has 0 spiro atoms. The summed E-state index contributed by atoms with van der Waals surface area (Å²) in [7, 11) is 1.66. The van der Waals surface area contributed by atoms with Gasteiger partial charge in [0, 0.05) is 36.2 Å². The first-order chi connectivity index (χ1) is 8.76. The second kappa shape index (κ2) is 8.07. The molecule has 19 heavy (non-hydrogen) atoms. The molecule has 0 radical (unpaired) electrons. The van der Waals surface area contributed by atoms with Crippen LogP contribution in [0.25, 0.3) is 0 Å². The predicted octanol–water partition coefficient (Wildman–Crippen LogP) is 1.82. The van der Waals surface area contributed by atoms with Crippen LogP contribution in [-0.2, 0) is 0 Å². The van der Waals surface area contributed by atoms with Gasteiger partial charge in [-0.2, -0.15) is 0 Å². The van der Waals surface area contributed by atoms with E-state index in [2.05, 4.69) is 26.1 Å². The third-order valence-corrected chi connectivity index (χ3v) is 3.81. The van der Waals surface area contributed by atoms with Crippen molar-refractivity contribution in [1.82, 2.24) is 10.2 Å². The van der Waals surface area contributed by atoms with Crippen LogP contribution in [-0.4, -0.2) is 49.9 Å². The summed E-state index contributed by atoms with van der Waals surface area (Å²) in [5.41, 5.74) is 1.05. The van der Waals surface area contributed by atoms with Gasteiger partial charge in [-0.3, -0.25) is 4.90 Å². The number of halogens is 2. The van der Waals surface area contributed by atoms with Crippen LogP contribution in [0.5, 0.6) is 5.75 Å². The Balaban J connectivity index is 0.00000180. The quantitative estimate of drug-likeness (QED) is 0.868. The Morgan fingerprint density at radius 2 is 2.11 bits per heavy atom. The number of nitrogens with zero attached hydrogens (tertiary/aromatic N) is 1. The van der Waals surface area contributed by atoms with Crippen LogP contribution in [0.3, 0.4) is 0 Å². The second-order valence-electron chi connectivity index (χ2n) is 4.37. The predicted molar refractivity (Wildman–Crippen MR) is 82.2 cm³/mol. The van der Waals surface area contributed by atoms with Crippen LogP contribution in [0.2, 0.25) is 0 Å². The minimum absolute atomic E-state index is 0. The Kier molecular flexibility index (Phi) is 7.10. The van der Waals surface area contributed by atoms with Gasteiger partial charge in [-0.15, -0.1) is 12.4 Å². The van der Waals surface area contributed by atoms with Gasteiger partial charge in [-0.1, -0.05) is 22.0 Å². The van der Waals surface area contributed by atoms with E-state index in [1.165, 1.54) is 0 Å². The monoisotopic (exact) mass is 350 g/mol. The summed E-state index contributed by atoms with van der Waals surface area (Å²) in [5.74, 6) is 0.821. The third-order valence-electron chi connectivity index (χ3n) is 3.32. The van der Waals surface area contributed by atoms with Crippen LogP contribution in [0.15, 0.2) is 22.7 Å². The molecule has 1 heterocycles. The lowest BCUT2D eigenvalue weighted by atomic mass is 10.0. The Morgan fingerprint density at radius 3 is 2.68 bits per heavy atom. The molecule has 108 valence electrons. The van der Waals surface area contributed by atoms with Gasteiger partial charge < -0.3 is 15.2 Å². The lowest BCUT2D eigenvalue weighted by Crippen LogP contribution is -2.46. The van der Waals surface area contributed by atoms with Crippen molar-refractivity contribution < 1.29 is 9.84 Å². The van der Waals surface area contributed by atoms with Crippen molar-refractivity contribution in [3.8, 4) is 5.75 Å². The molecule has 1 saturated heterocycles. The lowest BCUT2D eigenvalue weighted by Gasteiger charge is -2.34. The van der Waals surface area contributed by atoms with Gasteiger partial charge in [0.2, 0.25) is 0 Å². The van der Waals surface area contributed by atoms with Crippen molar-refractivity contribution in [2.24, 2.45) is 0 Å². The van der Waals surface area contributed by atoms with E-state index >= 15 is 0 Å². The minimum Gasteiger partial charge on any atom is -0.496 e. The summed E-state index contributed by atoms with van der Waals surface area (Å²) in [4.78, 5) is 2.29. The van der Waals surface area contributed by atoms with Gasteiger partial charge in [-0.25, -0.2) is 0 Å². The molecule has 6 heteroatoms. The van der Waals surface area contributed by atoms with E-state index < -0.39 is 0 Å². The summed E-state index contributed by atoms with van der Waals surface area (Å²) in [6.07, 6.45) is 0. The molecule has 0 saturated carbocycles. The van der Waals surface area contributed by atoms with Crippen molar-refractivity contribution in [2.75, 3.05) is 39.9 Å². The lowest BCUT2D eigenvalue weighted by molar-refractivity contribution is 0.109. The molecule has 1 aromatic rings. The summed E-state index contributed by atoms with van der Waals surface area (Å²) in [6, 6.07) is 5.96. The maximum Gasteiger partial charge on any atom is 0.124 e. The first kappa shape index (κ1) is 16.7. The number of ether oxygens (including phenoxy) is 1. The molecule has 1 atom stereocenters. The largest absolute Gasteiger partial charge is 0.496 e. The fraction of sp³-hybridized carbons (Fsp3) is 0.538. The Hall–Kier alpha value is -0.330. The van der Waals surface area contributed by atoms with E-state index in [0.29, 0.717) is 0 Å². The normalized spacial score (nSPS) is 17.6.